The van der Waals surface area contributed by atoms with Crippen molar-refractivity contribution in [2.45, 2.75) is 26.7 Å². The minimum Gasteiger partial charge on any atom is -0.376 e. The Hall–Kier alpha value is -0.500. The van der Waals surface area contributed by atoms with E-state index in [-0.39, 0.29) is 0 Å². The van der Waals surface area contributed by atoms with Crippen LogP contribution in [0.1, 0.15) is 26.7 Å². The lowest BCUT2D eigenvalue weighted by Gasteiger charge is -2.35. The molecule has 0 aromatic heterocycles. The molecule has 0 aromatic rings. The summed E-state index contributed by atoms with van der Waals surface area (Å²) in [7, 11) is 2.19. The third-order valence-corrected chi connectivity index (χ3v) is 2.79. The molecule has 0 aliphatic carbocycles. The van der Waals surface area contributed by atoms with Crippen LogP contribution in [0.2, 0.25) is 0 Å². The number of unbranched alkanes of at least 4 members (excludes halogenated alkanes) is 1. The first-order valence-electron chi connectivity index (χ1n) is 5.36. The Morgan fingerprint density at radius 3 is 2.77 bits per heavy atom. The molecule has 0 bridgehead atoms. The van der Waals surface area contributed by atoms with Crippen LogP contribution in [-0.2, 0) is 0 Å². The van der Waals surface area contributed by atoms with Crippen LogP contribution in [0.4, 0.5) is 0 Å². The van der Waals surface area contributed by atoms with E-state index in [1.165, 1.54) is 38.2 Å². The van der Waals surface area contributed by atoms with Crippen LogP contribution >= 0.6 is 0 Å². The number of rotatable bonds is 3. The van der Waals surface area contributed by atoms with Crippen molar-refractivity contribution in [1.29, 1.82) is 0 Å². The normalized spacial score (nSPS) is 22.7. The van der Waals surface area contributed by atoms with E-state index < -0.39 is 0 Å². The summed E-state index contributed by atoms with van der Waals surface area (Å²) in [4.78, 5) is 4.92. The van der Waals surface area contributed by atoms with Gasteiger partial charge in [-0.2, -0.15) is 0 Å². The van der Waals surface area contributed by atoms with E-state index in [1.807, 2.05) is 0 Å². The Kier molecular flexibility index (Phi) is 4.29. The molecule has 0 N–H and O–H groups in total. The Morgan fingerprint density at radius 2 is 2.15 bits per heavy atom. The number of hydrogen-bond acceptors (Lipinski definition) is 2. The minimum absolute atomic E-state index is 1.15. The number of piperazine rings is 1. The van der Waals surface area contributed by atoms with Crippen LogP contribution < -0.4 is 0 Å². The minimum atomic E-state index is 1.15. The summed E-state index contributed by atoms with van der Waals surface area (Å²) >= 11 is 0. The molecule has 0 atom stereocenters. The average molecular weight is 182 g/mol. The predicted octanol–water partition coefficient (Wildman–Crippen LogP) is 1.94. The molecule has 1 aliphatic rings. The highest BCUT2D eigenvalue weighted by Crippen LogP contribution is 2.11. The van der Waals surface area contributed by atoms with E-state index in [0.29, 0.717) is 0 Å². The zero-order valence-electron chi connectivity index (χ0n) is 9.21. The van der Waals surface area contributed by atoms with Crippen molar-refractivity contribution in [2.75, 3.05) is 33.2 Å². The van der Waals surface area contributed by atoms with Crippen LogP contribution in [0.25, 0.3) is 0 Å². The van der Waals surface area contributed by atoms with Gasteiger partial charge in [-0.3, -0.25) is 4.90 Å². The fourth-order valence-corrected chi connectivity index (χ4v) is 1.75. The molecule has 13 heavy (non-hydrogen) atoms. The molecule has 0 radical (unpaired) electrons. The maximum absolute atomic E-state index is 2.55. The fourth-order valence-electron chi connectivity index (χ4n) is 1.75. The third-order valence-electron chi connectivity index (χ3n) is 2.79. The quantitative estimate of drug-likeness (QED) is 0.658. The molecule has 0 amide bonds. The lowest BCUT2D eigenvalue weighted by atomic mass is 10.2. The highest BCUT2D eigenvalue weighted by Gasteiger charge is 2.16. The third kappa shape index (κ3) is 3.03. The molecule has 0 aromatic carbocycles. The number of hydrogen-bond donors (Lipinski definition) is 0. The molecular weight excluding hydrogens is 160 g/mol. The molecular formula is C11H22N2. The van der Waals surface area contributed by atoms with Gasteiger partial charge in [-0.15, -0.1) is 0 Å². The van der Waals surface area contributed by atoms with Crippen LogP contribution in [0.5, 0.6) is 0 Å². The molecule has 2 nitrogen and oxygen atoms in total. The Labute approximate surface area is 82.2 Å². The van der Waals surface area contributed by atoms with Crippen molar-refractivity contribution in [3.63, 3.8) is 0 Å². The van der Waals surface area contributed by atoms with Gasteiger partial charge in [0.15, 0.2) is 0 Å². The van der Waals surface area contributed by atoms with Crippen LogP contribution in [0, 0.1) is 0 Å². The largest absolute Gasteiger partial charge is 0.376 e. The molecule has 0 spiro atoms. The Morgan fingerprint density at radius 1 is 1.38 bits per heavy atom. The molecule has 1 aliphatic heterocycles. The molecule has 1 saturated heterocycles. The second-order valence-electron chi connectivity index (χ2n) is 3.83. The van der Waals surface area contributed by atoms with E-state index in [2.05, 4.69) is 36.8 Å². The second-order valence-corrected chi connectivity index (χ2v) is 3.83. The van der Waals surface area contributed by atoms with Gasteiger partial charge in [0.05, 0.1) is 0 Å². The first kappa shape index (κ1) is 10.6. The van der Waals surface area contributed by atoms with Crippen LogP contribution in [0.3, 0.4) is 0 Å². The van der Waals surface area contributed by atoms with E-state index in [9.17, 15) is 0 Å². The molecule has 1 rings (SSSR count). The topological polar surface area (TPSA) is 6.48 Å². The molecule has 2 heteroatoms. The SMILES string of the molecule is C/C=C1/CN(CCCC)CCN1C. The van der Waals surface area contributed by atoms with E-state index in [0.717, 1.165) is 6.54 Å². The zero-order chi connectivity index (χ0) is 9.68. The first-order chi connectivity index (χ1) is 6.27. The maximum Gasteiger partial charge on any atom is 0.0381 e. The molecule has 1 heterocycles. The lowest BCUT2D eigenvalue weighted by molar-refractivity contribution is 0.194. The number of nitrogens with zero attached hydrogens (tertiary/aromatic N) is 2. The van der Waals surface area contributed by atoms with Gasteiger partial charge in [0.25, 0.3) is 0 Å². The van der Waals surface area contributed by atoms with E-state index in [4.69, 9.17) is 0 Å². The average Bonchev–Trinajstić information content (AvgIpc) is 2.16. The standard InChI is InChI=1S/C11H22N2/c1-4-6-7-13-9-8-12(3)11(5-2)10-13/h5H,4,6-10H2,1-3H3/b11-5-. The van der Waals surface area contributed by atoms with Crippen molar-refractivity contribution in [1.82, 2.24) is 9.80 Å². The predicted molar refractivity (Wildman–Crippen MR) is 57.7 cm³/mol. The van der Waals surface area contributed by atoms with Gasteiger partial charge < -0.3 is 4.90 Å². The van der Waals surface area contributed by atoms with Gasteiger partial charge in [-0.1, -0.05) is 19.4 Å². The van der Waals surface area contributed by atoms with Crippen LogP contribution in [-0.4, -0.2) is 43.0 Å². The van der Waals surface area contributed by atoms with Crippen molar-refractivity contribution in [3.05, 3.63) is 11.8 Å². The summed E-state index contributed by atoms with van der Waals surface area (Å²) in [5, 5.41) is 0. The smallest absolute Gasteiger partial charge is 0.0381 e. The monoisotopic (exact) mass is 182 g/mol. The summed E-state index contributed by atoms with van der Waals surface area (Å²) in [6, 6.07) is 0. The highest BCUT2D eigenvalue weighted by atomic mass is 15.3. The van der Waals surface area contributed by atoms with Crippen molar-refractivity contribution in [2.24, 2.45) is 0 Å². The number of allylic oxidation sites excluding steroid dienone is 1. The summed E-state index contributed by atoms with van der Waals surface area (Å²) in [5.41, 5.74) is 1.47. The summed E-state index contributed by atoms with van der Waals surface area (Å²) in [6.07, 6.45) is 4.87. The van der Waals surface area contributed by atoms with Gasteiger partial charge in [-0.05, 0) is 19.9 Å². The molecule has 76 valence electrons. The zero-order valence-corrected chi connectivity index (χ0v) is 9.21. The lowest BCUT2D eigenvalue weighted by Crippen LogP contribution is -2.43. The van der Waals surface area contributed by atoms with Gasteiger partial charge in [0.1, 0.15) is 0 Å². The summed E-state index contributed by atoms with van der Waals surface area (Å²) in [5.74, 6) is 0. The maximum atomic E-state index is 2.55. The van der Waals surface area contributed by atoms with Gasteiger partial charge in [-0.25, -0.2) is 0 Å². The van der Waals surface area contributed by atoms with Gasteiger partial charge in [0, 0.05) is 32.4 Å². The number of likely N-dealkylation sites (N-methyl/N-ethyl adjacent to an activating group) is 1. The van der Waals surface area contributed by atoms with Crippen LogP contribution in [0.15, 0.2) is 11.8 Å². The second kappa shape index (κ2) is 5.28. The van der Waals surface area contributed by atoms with Gasteiger partial charge >= 0.3 is 0 Å². The van der Waals surface area contributed by atoms with Gasteiger partial charge in [0.2, 0.25) is 0 Å². The Balaban J connectivity index is 2.36. The van der Waals surface area contributed by atoms with Crippen molar-refractivity contribution < 1.29 is 0 Å². The summed E-state index contributed by atoms with van der Waals surface area (Å²) in [6.45, 7) is 9.22. The highest BCUT2D eigenvalue weighted by molar-refractivity contribution is 5.04. The van der Waals surface area contributed by atoms with E-state index in [1.54, 1.807) is 0 Å². The molecule has 1 fully saturated rings. The molecule has 0 saturated carbocycles. The van der Waals surface area contributed by atoms with E-state index >= 15 is 0 Å². The first-order valence-corrected chi connectivity index (χ1v) is 5.36. The van der Waals surface area contributed by atoms with Crippen molar-refractivity contribution >= 4 is 0 Å². The molecule has 0 unspecified atom stereocenters. The fraction of sp³-hybridized carbons (Fsp3) is 0.818. The Bertz CT molecular complexity index is 173. The van der Waals surface area contributed by atoms with Crippen molar-refractivity contribution in [3.8, 4) is 0 Å². The summed E-state index contributed by atoms with van der Waals surface area (Å²) < 4.78 is 0.